The molecule has 5 heteroatoms. The van der Waals surface area contributed by atoms with E-state index in [4.69, 9.17) is 10.5 Å². The summed E-state index contributed by atoms with van der Waals surface area (Å²) in [6, 6.07) is 4.61. The third kappa shape index (κ3) is 3.17. The molecule has 0 spiro atoms. The summed E-state index contributed by atoms with van der Waals surface area (Å²) in [4.78, 5) is 12.1. The molecule has 1 aromatic carbocycles. The van der Waals surface area contributed by atoms with Crippen LogP contribution in [0.25, 0.3) is 0 Å². The minimum absolute atomic E-state index is 0.00177. The highest BCUT2D eigenvalue weighted by molar-refractivity contribution is 5.97. The molecule has 1 amide bonds. The number of phenols is 1. The molecule has 1 aliphatic carbocycles. The maximum absolute atomic E-state index is 12.1. The van der Waals surface area contributed by atoms with E-state index >= 15 is 0 Å². The Bertz CT molecular complexity index is 462. The van der Waals surface area contributed by atoms with E-state index in [1.165, 1.54) is 13.2 Å². The van der Waals surface area contributed by atoms with Crippen molar-refractivity contribution in [3.05, 3.63) is 23.8 Å². The van der Waals surface area contributed by atoms with Crippen molar-refractivity contribution < 1.29 is 14.6 Å². The van der Waals surface area contributed by atoms with Gasteiger partial charge in [-0.2, -0.15) is 0 Å². The number of carbonyl (C=O) groups is 1. The first-order valence-corrected chi connectivity index (χ1v) is 6.55. The molecular weight excluding hydrogens is 244 g/mol. The third-order valence-electron chi connectivity index (χ3n) is 3.59. The molecule has 4 N–H and O–H groups in total. The van der Waals surface area contributed by atoms with Crippen LogP contribution in [0.1, 0.15) is 36.0 Å². The highest BCUT2D eigenvalue weighted by atomic mass is 16.5. The maximum Gasteiger partial charge on any atom is 0.255 e. The summed E-state index contributed by atoms with van der Waals surface area (Å²) >= 11 is 0. The van der Waals surface area contributed by atoms with Crippen molar-refractivity contribution in [2.45, 2.75) is 37.8 Å². The van der Waals surface area contributed by atoms with Crippen molar-refractivity contribution in [3.8, 4) is 11.5 Å². The number of aromatic hydroxyl groups is 1. The van der Waals surface area contributed by atoms with Crippen LogP contribution < -0.4 is 15.8 Å². The monoisotopic (exact) mass is 264 g/mol. The number of rotatable bonds is 3. The Hall–Kier alpha value is -1.75. The van der Waals surface area contributed by atoms with E-state index in [-0.39, 0.29) is 29.3 Å². The van der Waals surface area contributed by atoms with Gasteiger partial charge in [-0.1, -0.05) is 12.8 Å². The average Bonchev–Trinajstić information content (AvgIpc) is 2.41. The van der Waals surface area contributed by atoms with Gasteiger partial charge in [-0.15, -0.1) is 0 Å². The predicted octanol–water partition coefficient (Wildman–Crippen LogP) is 1.40. The fourth-order valence-corrected chi connectivity index (χ4v) is 2.42. The van der Waals surface area contributed by atoms with E-state index in [2.05, 4.69) is 5.32 Å². The summed E-state index contributed by atoms with van der Waals surface area (Å²) in [7, 11) is 1.51. The van der Waals surface area contributed by atoms with E-state index in [1.807, 2.05) is 0 Å². The van der Waals surface area contributed by atoms with E-state index in [0.29, 0.717) is 5.75 Å². The van der Waals surface area contributed by atoms with Crippen LogP contribution in [-0.2, 0) is 0 Å². The lowest BCUT2D eigenvalue weighted by atomic mass is 9.91. The van der Waals surface area contributed by atoms with Gasteiger partial charge in [0.2, 0.25) is 0 Å². The van der Waals surface area contributed by atoms with Crippen molar-refractivity contribution >= 4 is 5.91 Å². The highest BCUT2D eigenvalue weighted by Crippen LogP contribution is 2.24. The van der Waals surface area contributed by atoms with Gasteiger partial charge in [0.15, 0.2) is 0 Å². The topological polar surface area (TPSA) is 84.6 Å². The van der Waals surface area contributed by atoms with Gasteiger partial charge < -0.3 is 20.9 Å². The third-order valence-corrected chi connectivity index (χ3v) is 3.59. The zero-order valence-electron chi connectivity index (χ0n) is 11.1. The van der Waals surface area contributed by atoms with Gasteiger partial charge in [0.25, 0.3) is 5.91 Å². The number of carbonyl (C=O) groups excluding carboxylic acids is 1. The van der Waals surface area contributed by atoms with E-state index < -0.39 is 0 Å². The summed E-state index contributed by atoms with van der Waals surface area (Å²) in [5.41, 5.74) is 6.24. The molecule has 0 bridgehead atoms. The predicted molar refractivity (Wildman–Crippen MR) is 72.4 cm³/mol. The maximum atomic E-state index is 12.1. The Balaban J connectivity index is 2.07. The van der Waals surface area contributed by atoms with Crippen LogP contribution in [0.4, 0.5) is 0 Å². The van der Waals surface area contributed by atoms with Gasteiger partial charge in [0.1, 0.15) is 11.5 Å². The number of hydrogen-bond acceptors (Lipinski definition) is 4. The number of benzene rings is 1. The summed E-state index contributed by atoms with van der Waals surface area (Å²) < 4.78 is 4.99. The van der Waals surface area contributed by atoms with Crippen molar-refractivity contribution in [1.29, 1.82) is 0 Å². The number of amides is 1. The molecular formula is C14H20N2O3. The van der Waals surface area contributed by atoms with Crippen LogP contribution in [0.3, 0.4) is 0 Å². The standard InChI is InChI=1S/C14H20N2O3/c1-19-9-6-7-10(13(17)8-9)14(18)16-12-5-3-2-4-11(12)15/h6-8,11-12,17H,2-5,15H2,1H3,(H,16,18)/t11-,12-/m1/s1. The molecule has 2 rings (SSSR count). The smallest absolute Gasteiger partial charge is 0.255 e. The van der Waals surface area contributed by atoms with Crippen LogP contribution >= 0.6 is 0 Å². The van der Waals surface area contributed by atoms with Crippen LogP contribution in [0.2, 0.25) is 0 Å². The molecule has 2 atom stereocenters. The van der Waals surface area contributed by atoms with E-state index in [1.54, 1.807) is 12.1 Å². The minimum Gasteiger partial charge on any atom is -0.507 e. The first-order valence-electron chi connectivity index (χ1n) is 6.55. The second-order valence-electron chi connectivity index (χ2n) is 4.91. The van der Waals surface area contributed by atoms with Crippen LogP contribution in [-0.4, -0.2) is 30.2 Å². The van der Waals surface area contributed by atoms with Gasteiger partial charge in [0.05, 0.1) is 12.7 Å². The molecule has 0 aliphatic heterocycles. The van der Waals surface area contributed by atoms with Crippen LogP contribution in [0.5, 0.6) is 11.5 Å². The molecule has 5 nitrogen and oxygen atoms in total. The molecule has 1 saturated carbocycles. The quantitative estimate of drug-likeness (QED) is 0.770. The highest BCUT2D eigenvalue weighted by Gasteiger charge is 2.24. The Labute approximate surface area is 112 Å². The minimum atomic E-state index is -0.289. The lowest BCUT2D eigenvalue weighted by Crippen LogP contribution is -2.49. The molecule has 0 heterocycles. The van der Waals surface area contributed by atoms with Crippen LogP contribution in [0.15, 0.2) is 18.2 Å². The SMILES string of the molecule is COc1ccc(C(=O)N[C@@H]2CCCC[C@H]2N)c(O)c1. The summed E-state index contributed by atoms with van der Waals surface area (Å²) in [5.74, 6) is 0.146. The zero-order chi connectivity index (χ0) is 13.8. The van der Waals surface area contributed by atoms with Crippen molar-refractivity contribution in [1.82, 2.24) is 5.32 Å². The first kappa shape index (κ1) is 13.7. The Morgan fingerprint density at radius 1 is 1.42 bits per heavy atom. The first-order chi connectivity index (χ1) is 9.11. The molecule has 0 saturated heterocycles. The summed E-state index contributed by atoms with van der Waals surface area (Å²) in [5, 5.41) is 12.7. The summed E-state index contributed by atoms with van der Waals surface area (Å²) in [6.45, 7) is 0. The van der Waals surface area contributed by atoms with Gasteiger partial charge >= 0.3 is 0 Å². The summed E-state index contributed by atoms with van der Waals surface area (Å²) in [6.07, 6.45) is 4.01. The lowest BCUT2D eigenvalue weighted by molar-refractivity contribution is 0.0918. The molecule has 1 aromatic rings. The average molecular weight is 264 g/mol. The van der Waals surface area contributed by atoms with Crippen molar-refractivity contribution in [3.63, 3.8) is 0 Å². The fraction of sp³-hybridized carbons (Fsp3) is 0.500. The second kappa shape index (κ2) is 5.93. The van der Waals surface area contributed by atoms with Crippen molar-refractivity contribution in [2.75, 3.05) is 7.11 Å². The van der Waals surface area contributed by atoms with Crippen molar-refractivity contribution in [2.24, 2.45) is 5.73 Å². The molecule has 0 unspecified atom stereocenters. The van der Waals surface area contributed by atoms with Gasteiger partial charge in [-0.3, -0.25) is 4.79 Å². The van der Waals surface area contributed by atoms with Gasteiger partial charge in [-0.25, -0.2) is 0 Å². The normalized spacial score (nSPS) is 22.8. The largest absolute Gasteiger partial charge is 0.507 e. The van der Waals surface area contributed by atoms with Gasteiger partial charge in [-0.05, 0) is 25.0 Å². The molecule has 0 aromatic heterocycles. The second-order valence-corrected chi connectivity index (χ2v) is 4.91. The number of nitrogens with two attached hydrogens (primary N) is 1. The number of nitrogens with one attached hydrogen (secondary N) is 1. The molecule has 1 fully saturated rings. The number of hydrogen-bond donors (Lipinski definition) is 3. The molecule has 0 radical (unpaired) electrons. The Morgan fingerprint density at radius 3 is 2.79 bits per heavy atom. The fourth-order valence-electron chi connectivity index (χ4n) is 2.42. The zero-order valence-corrected chi connectivity index (χ0v) is 11.1. The molecule has 19 heavy (non-hydrogen) atoms. The number of methoxy groups -OCH3 is 1. The van der Waals surface area contributed by atoms with Crippen LogP contribution in [0, 0.1) is 0 Å². The van der Waals surface area contributed by atoms with E-state index in [0.717, 1.165) is 25.7 Å². The Morgan fingerprint density at radius 2 is 2.16 bits per heavy atom. The lowest BCUT2D eigenvalue weighted by Gasteiger charge is -2.29. The van der Waals surface area contributed by atoms with Gasteiger partial charge in [0, 0.05) is 18.2 Å². The number of ether oxygens (including phenoxy) is 1. The molecule has 1 aliphatic rings. The number of phenolic OH excluding ortho intramolecular Hbond substituents is 1. The molecule has 104 valence electrons. The van der Waals surface area contributed by atoms with E-state index in [9.17, 15) is 9.90 Å². The Kier molecular flexibility index (Phi) is 4.27.